The van der Waals surface area contributed by atoms with Gasteiger partial charge in [-0.2, -0.15) is 0 Å². The molecule has 1 aliphatic rings. The third-order valence-corrected chi connectivity index (χ3v) is 4.10. The quantitative estimate of drug-likeness (QED) is 0.734. The van der Waals surface area contributed by atoms with E-state index < -0.39 is 0 Å². The third kappa shape index (κ3) is 2.26. The van der Waals surface area contributed by atoms with Crippen molar-refractivity contribution in [3.63, 3.8) is 0 Å². The topological polar surface area (TPSA) is 20.2 Å². The second kappa shape index (κ2) is 4.77. The highest BCUT2D eigenvalue weighted by atomic mass is 35.5. The van der Waals surface area contributed by atoms with Crippen LogP contribution < -0.4 is 0 Å². The molecule has 0 aliphatic heterocycles. The van der Waals surface area contributed by atoms with Crippen LogP contribution in [0.5, 0.6) is 0 Å². The van der Waals surface area contributed by atoms with E-state index in [0.717, 1.165) is 35.4 Å². The molecular weight excluding hydrogens is 220 g/mol. The molecule has 1 aliphatic carbocycles. The van der Waals surface area contributed by atoms with E-state index in [-0.39, 0.29) is 6.10 Å². The predicted molar refractivity (Wildman–Crippen MR) is 67.7 cm³/mol. The highest BCUT2D eigenvalue weighted by molar-refractivity contribution is 6.31. The first kappa shape index (κ1) is 11.9. The highest BCUT2D eigenvalue weighted by Gasteiger charge is 2.25. The molecule has 1 aromatic carbocycles. The summed E-state index contributed by atoms with van der Waals surface area (Å²) in [4.78, 5) is 0. The number of aliphatic hydroxyl groups excluding tert-OH is 1. The molecule has 16 heavy (non-hydrogen) atoms. The van der Waals surface area contributed by atoms with E-state index in [1.54, 1.807) is 0 Å². The van der Waals surface area contributed by atoms with Crippen LogP contribution in [0.1, 0.15) is 43.9 Å². The van der Waals surface area contributed by atoms with E-state index in [1.807, 2.05) is 18.2 Å². The lowest BCUT2D eigenvalue weighted by Crippen LogP contribution is -2.11. The molecule has 2 heteroatoms. The molecule has 2 rings (SSSR count). The van der Waals surface area contributed by atoms with E-state index in [9.17, 15) is 5.11 Å². The molecule has 1 N–H and O–H groups in total. The first-order chi connectivity index (χ1) is 7.59. The van der Waals surface area contributed by atoms with Crippen LogP contribution >= 0.6 is 11.6 Å². The van der Waals surface area contributed by atoms with Gasteiger partial charge in [0, 0.05) is 5.02 Å². The maximum Gasteiger partial charge on any atom is 0.0796 e. The van der Waals surface area contributed by atoms with Gasteiger partial charge in [-0.25, -0.2) is 0 Å². The van der Waals surface area contributed by atoms with Crippen LogP contribution in [0.3, 0.4) is 0 Å². The molecule has 0 saturated carbocycles. The van der Waals surface area contributed by atoms with Crippen molar-refractivity contribution in [3.8, 4) is 0 Å². The van der Waals surface area contributed by atoms with E-state index in [0.29, 0.717) is 11.8 Å². The van der Waals surface area contributed by atoms with Gasteiger partial charge in [0.05, 0.1) is 6.10 Å². The van der Waals surface area contributed by atoms with Gasteiger partial charge in [-0.3, -0.25) is 0 Å². The van der Waals surface area contributed by atoms with Crippen molar-refractivity contribution >= 4 is 11.6 Å². The number of rotatable bonds is 1. The number of benzene rings is 1. The van der Waals surface area contributed by atoms with Gasteiger partial charge in [0.15, 0.2) is 0 Å². The number of aliphatic hydroxyl groups is 1. The zero-order valence-electron chi connectivity index (χ0n) is 9.91. The Morgan fingerprint density at radius 3 is 2.81 bits per heavy atom. The van der Waals surface area contributed by atoms with Crippen LogP contribution in [0.4, 0.5) is 0 Å². The maximum absolute atomic E-state index is 10.2. The van der Waals surface area contributed by atoms with E-state index in [1.165, 1.54) is 0 Å². The number of halogens is 1. The fourth-order valence-corrected chi connectivity index (χ4v) is 2.89. The standard InChI is InChI=1S/C14H19ClO/c1-9(2)10-6-7-11-12(14(16)8-10)4-3-5-13(11)15/h3-5,9-10,14,16H,6-8H2,1-2H3/t10-,14-/m1/s1. The molecule has 0 bridgehead atoms. The fourth-order valence-electron chi connectivity index (χ4n) is 2.62. The van der Waals surface area contributed by atoms with Crippen molar-refractivity contribution in [2.75, 3.05) is 0 Å². The smallest absolute Gasteiger partial charge is 0.0796 e. The molecule has 0 saturated heterocycles. The van der Waals surface area contributed by atoms with Gasteiger partial charge in [-0.1, -0.05) is 37.6 Å². The summed E-state index contributed by atoms with van der Waals surface area (Å²) >= 11 is 6.20. The van der Waals surface area contributed by atoms with Crippen molar-refractivity contribution in [1.82, 2.24) is 0 Å². The van der Waals surface area contributed by atoms with Gasteiger partial charge in [-0.05, 0) is 48.3 Å². The first-order valence-electron chi connectivity index (χ1n) is 6.05. The van der Waals surface area contributed by atoms with Gasteiger partial charge < -0.3 is 5.11 Å². The average molecular weight is 239 g/mol. The average Bonchev–Trinajstić information content (AvgIpc) is 2.40. The zero-order valence-corrected chi connectivity index (χ0v) is 10.7. The summed E-state index contributed by atoms with van der Waals surface area (Å²) in [6, 6.07) is 5.86. The summed E-state index contributed by atoms with van der Waals surface area (Å²) in [5.74, 6) is 1.22. The lowest BCUT2D eigenvalue weighted by molar-refractivity contribution is 0.132. The fraction of sp³-hybridized carbons (Fsp3) is 0.571. The Morgan fingerprint density at radius 2 is 2.12 bits per heavy atom. The Labute approximate surface area is 102 Å². The van der Waals surface area contributed by atoms with Crippen molar-refractivity contribution in [2.24, 2.45) is 11.8 Å². The van der Waals surface area contributed by atoms with Crippen LogP contribution in [0.2, 0.25) is 5.02 Å². The van der Waals surface area contributed by atoms with Crippen molar-refractivity contribution < 1.29 is 5.11 Å². The normalized spacial score (nSPS) is 25.3. The molecule has 0 aromatic heterocycles. The summed E-state index contributed by atoms with van der Waals surface area (Å²) in [6.07, 6.45) is 2.65. The van der Waals surface area contributed by atoms with E-state index >= 15 is 0 Å². The summed E-state index contributed by atoms with van der Waals surface area (Å²) < 4.78 is 0. The Morgan fingerprint density at radius 1 is 1.38 bits per heavy atom. The first-order valence-corrected chi connectivity index (χ1v) is 6.42. The van der Waals surface area contributed by atoms with Crippen LogP contribution in [-0.4, -0.2) is 5.11 Å². The zero-order chi connectivity index (χ0) is 11.7. The van der Waals surface area contributed by atoms with Gasteiger partial charge in [-0.15, -0.1) is 0 Å². The second-order valence-corrected chi connectivity index (χ2v) is 5.51. The van der Waals surface area contributed by atoms with Gasteiger partial charge in [0.25, 0.3) is 0 Å². The summed E-state index contributed by atoms with van der Waals surface area (Å²) in [5.41, 5.74) is 2.19. The largest absolute Gasteiger partial charge is 0.388 e. The number of fused-ring (bicyclic) bond motifs is 1. The minimum Gasteiger partial charge on any atom is -0.388 e. The molecule has 88 valence electrons. The minimum atomic E-state index is -0.344. The summed E-state index contributed by atoms with van der Waals surface area (Å²) in [6.45, 7) is 4.46. The molecular formula is C14H19ClO. The number of hydrogen-bond donors (Lipinski definition) is 1. The van der Waals surface area contributed by atoms with Crippen LogP contribution in [-0.2, 0) is 6.42 Å². The molecule has 0 amide bonds. The van der Waals surface area contributed by atoms with Crippen molar-refractivity contribution in [2.45, 2.75) is 39.2 Å². The minimum absolute atomic E-state index is 0.344. The van der Waals surface area contributed by atoms with Gasteiger partial charge in [0.2, 0.25) is 0 Å². The highest BCUT2D eigenvalue weighted by Crippen LogP contribution is 2.37. The van der Waals surface area contributed by atoms with Crippen molar-refractivity contribution in [3.05, 3.63) is 34.3 Å². The SMILES string of the molecule is CC(C)[C@@H]1CCc2c(Cl)cccc2[C@H](O)C1. The molecule has 0 fully saturated rings. The summed E-state index contributed by atoms with van der Waals surface area (Å²) in [7, 11) is 0. The molecule has 0 spiro atoms. The molecule has 0 radical (unpaired) electrons. The number of hydrogen-bond acceptors (Lipinski definition) is 1. The lowest BCUT2D eigenvalue weighted by Gasteiger charge is -2.20. The molecule has 1 aromatic rings. The Hall–Kier alpha value is -0.530. The second-order valence-electron chi connectivity index (χ2n) is 5.10. The van der Waals surface area contributed by atoms with E-state index in [2.05, 4.69) is 13.8 Å². The molecule has 1 nitrogen and oxygen atoms in total. The van der Waals surface area contributed by atoms with Crippen LogP contribution in [0.15, 0.2) is 18.2 Å². The van der Waals surface area contributed by atoms with Gasteiger partial charge >= 0.3 is 0 Å². The molecule has 2 atom stereocenters. The van der Waals surface area contributed by atoms with Gasteiger partial charge in [0.1, 0.15) is 0 Å². The Bertz CT molecular complexity index is 373. The Balaban J connectivity index is 2.32. The Kier molecular flexibility index (Phi) is 3.56. The lowest BCUT2D eigenvalue weighted by atomic mass is 9.88. The van der Waals surface area contributed by atoms with E-state index in [4.69, 9.17) is 11.6 Å². The monoisotopic (exact) mass is 238 g/mol. The maximum atomic E-state index is 10.2. The van der Waals surface area contributed by atoms with Crippen LogP contribution in [0.25, 0.3) is 0 Å². The third-order valence-electron chi connectivity index (χ3n) is 3.75. The predicted octanol–water partition coefficient (Wildman–Crippen LogP) is 3.98. The van der Waals surface area contributed by atoms with Crippen molar-refractivity contribution in [1.29, 1.82) is 0 Å². The molecule has 0 unspecified atom stereocenters. The summed E-state index contributed by atoms with van der Waals surface area (Å²) in [5, 5.41) is 11.0. The van der Waals surface area contributed by atoms with Crippen LogP contribution in [0, 0.1) is 11.8 Å². The molecule has 0 heterocycles.